The van der Waals surface area contributed by atoms with Crippen LogP contribution in [-0.2, 0) is 65.4 Å². The molecule has 0 aromatic heterocycles. The standard InChI is InChI=1S/C81H158O17P2/c1-8-9-10-11-12-13-14-20-28-35-43-50-57-64-80(85)98-77(69-92-79(84)63-56-49-42-37-30-33-40-47-54-61-74(6)7)71-96-100(89,90)94-67-75(82)66-93-99(87,88)95-70-76(68-91-78(83)62-55-48-41-34-27-23-19-18-22-26-32-39-46-53-60-73(4)5)97-81(86)65-58-51-44-36-29-24-17-15-16-21-25-31-38-45-52-59-72(2)3/h72-77,82H,8-71H2,1-7H3,(H,87,88)(H,89,90)/t75-,76-,77-/m1/s1. The molecule has 0 aromatic rings. The van der Waals surface area contributed by atoms with Crippen LogP contribution in [-0.4, -0.2) is 96.7 Å². The Morgan fingerprint density at radius 3 is 0.680 bits per heavy atom. The molecule has 0 radical (unpaired) electrons. The van der Waals surface area contributed by atoms with Crippen molar-refractivity contribution < 1.29 is 80.2 Å². The van der Waals surface area contributed by atoms with Crippen molar-refractivity contribution >= 4 is 39.5 Å². The van der Waals surface area contributed by atoms with E-state index in [0.717, 1.165) is 108 Å². The minimum Gasteiger partial charge on any atom is -0.462 e. The number of carbonyl (C=O) groups excluding carboxylic acids is 4. The molecule has 0 aliphatic heterocycles. The number of phosphoric ester groups is 2. The summed E-state index contributed by atoms with van der Waals surface area (Å²) in [5.41, 5.74) is 0. The molecule has 3 N–H and O–H groups in total. The number of aliphatic hydroxyl groups is 1. The Morgan fingerprint density at radius 1 is 0.270 bits per heavy atom. The SMILES string of the molecule is CCCCCCCCCCCCCCCC(=O)O[C@H](COC(=O)CCCCCCCCCCCC(C)C)COP(=O)(O)OC[C@H](O)COP(=O)(O)OC[C@@H](COC(=O)CCCCCCCCCCCCCCCCC(C)C)OC(=O)CCCCCCCCCCCCCCCCCC(C)C. The quantitative estimate of drug-likeness (QED) is 0.0222. The van der Waals surface area contributed by atoms with Crippen molar-refractivity contribution in [1.29, 1.82) is 0 Å². The monoisotopic (exact) mass is 1470 g/mol. The average Bonchev–Trinajstić information content (AvgIpc) is 0.939. The Balaban J connectivity index is 5.26. The van der Waals surface area contributed by atoms with Gasteiger partial charge in [0.05, 0.1) is 26.4 Å². The largest absolute Gasteiger partial charge is 0.472 e. The van der Waals surface area contributed by atoms with Crippen molar-refractivity contribution in [3.8, 4) is 0 Å². The maximum atomic E-state index is 13.1. The Kier molecular flexibility index (Phi) is 69.9. The molecule has 0 saturated carbocycles. The van der Waals surface area contributed by atoms with Crippen molar-refractivity contribution in [2.45, 2.75) is 439 Å². The van der Waals surface area contributed by atoms with Crippen LogP contribution >= 0.6 is 15.6 Å². The number of ether oxygens (including phenoxy) is 4. The second-order valence-electron chi connectivity index (χ2n) is 30.6. The molecule has 19 heteroatoms. The predicted molar refractivity (Wildman–Crippen MR) is 409 cm³/mol. The van der Waals surface area contributed by atoms with Gasteiger partial charge in [-0.2, -0.15) is 0 Å². The first kappa shape index (κ1) is 98.1. The van der Waals surface area contributed by atoms with Gasteiger partial charge in [0.25, 0.3) is 0 Å². The molecule has 5 atom stereocenters. The number of carbonyl (C=O) groups is 4. The summed E-state index contributed by atoms with van der Waals surface area (Å²) in [5, 5.41) is 10.6. The summed E-state index contributed by atoms with van der Waals surface area (Å²) in [6.45, 7) is 12.0. The fourth-order valence-corrected chi connectivity index (χ4v) is 14.1. The first-order valence-corrected chi connectivity index (χ1v) is 44.8. The number of aliphatic hydroxyl groups excluding tert-OH is 1. The molecular weight excluding hydrogens is 1310 g/mol. The highest BCUT2D eigenvalue weighted by Gasteiger charge is 2.30. The van der Waals surface area contributed by atoms with E-state index in [-0.39, 0.29) is 25.7 Å². The van der Waals surface area contributed by atoms with E-state index in [1.165, 1.54) is 231 Å². The Morgan fingerprint density at radius 2 is 0.460 bits per heavy atom. The minimum atomic E-state index is -4.96. The van der Waals surface area contributed by atoms with Gasteiger partial charge >= 0.3 is 39.5 Å². The van der Waals surface area contributed by atoms with Crippen LogP contribution in [0.5, 0.6) is 0 Å². The van der Waals surface area contributed by atoms with Crippen LogP contribution in [0.1, 0.15) is 421 Å². The van der Waals surface area contributed by atoms with Crippen LogP contribution in [0.4, 0.5) is 0 Å². The predicted octanol–water partition coefficient (Wildman–Crippen LogP) is 24.1. The molecule has 594 valence electrons. The zero-order valence-electron chi connectivity index (χ0n) is 65.7. The van der Waals surface area contributed by atoms with Crippen molar-refractivity contribution in [2.24, 2.45) is 17.8 Å². The zero-order chi connectivity index (χ0) is 73.7. The Bertz CT molecular complexity index is 1940. The van der Waals surface area contributed by atoms with E-state index in [0.29, 0.717) is 25.7 Å². The average molecular weight is 1470 g/mol. The van der Waals surface area contributed by atoms with Gasteiger partial charge in [-0.1, -0.05) is 370 Å². The van der Waals surface area contributed by atoms with Gasteiger partial charge in [0, 0.05) is 25.7 Å². The summed E-state index contributed by atoms with van der Waals surface area (Å²) in [5.74, 6) is 0.237. The molecule has 0 amide bonds. The number of hydrogen-bond donors (Lipinski definition) is 3. The lowest BCUT2D eigenvalue weighted by Gasteiger charge is -2.21. The molecule has 0 aliphatic carbocycles. The summed E-state index contributed by atoms with van der Waals surface area (Å²) >= 11 is 0. The van der Waals surface area contributed by atoms with Crippen LogP contribution in [0, 0.1) is 17.8 Å². The third kappa shape index (κ3) is 74.3. The highest BCUT2D eigenvalue weighted by atomic mass is 31.2. The summed E-state index contributed by atoms with van der Waals surface area (Å²) < 4.78 is 68.7. The first-order valence-electron chi connectivity index (χ1n) is 41.8. The Hall–Kier alpha value is -1.94. The normalized spacial score (nSPS) is 14.0. The zero-order valence-corrected chi connectivity index (χ0v) is 67.5. The summed E-state index contributed by atoms with van der Waals surface area (Å²) in [4.78, 5) is 73.1. The van der Waals surface area contributed by atoms with Crippen LogP contribution in [0.2, 0.25) is 0 Å². The van der Waals surface area contributed by atoms with Crippen LogP contribution in [0.15, 0.2) is 0 Å². The first-order chi connectivity index (χ1) is 48.2. The lowest BCUT2D eigenvalue weighted by atomic mass is 10.0. The van der Waals surface area contributed by atoms with Gasteiger partial charge in [0.15, 0.2) is 12.2 Å². The number of phosphoric acid groups is 2. The molecule has 0 fully saturated rings. The summed E-state index contributed by atoms with van der Waals surface area (Å²) in [7, 11) is -9.92. The summed E-state index contributed by atoms with van der Waals surface area (Å²) in [6.07, 6.45) is 59.5. The molecule has 0 heterocycles. The van der Waals surface area contributed by atoms with Gasteiger partial charge in [-0.25, -0.2) is 9.13 Å². The second-order valence-corrected chi connectivity index (χ2v) is 33.5. The van der Waals surface area contributed by atoms with E-state index in [2.05, 4.69) is 48.5 Å². The van der Waals surface area contributed by atoms with Crippen LogP contribution < -0.4 is 0 Å². The van der Waals surface area contributed by atoms with Crippen molar-refractivity contribution in [1.82, 2.24) is 0 Å². The third-order valence-electron chi connectivity index (χ3n) is 18.9. The number of rotatable bonds is 79. The summed E-state index contributed by atoms with van der Waals surface area (Å²) in [6, 6.07) is 0. The van der Waals surface area contributed by atoms with Gasteiger partial charge in [0.1, 0.15) is 19.3 Å². The van der Waals surface area contributed by atoms with E-state index < -0.39 is 97.5 Å². The van der Waals surface area contributed by atoms with E-state index in [1.807, 2.05) is 0 Å². The van der Waals surface area contributed by atoms with Gasteiger partial charge in [0.2, 0.25) is 0 Å². The number of esters is 4. The molecular formula is C81H158O17P2. The molecule has 17 nitrogen and oxygen atoms in total. The number of unbranched alkanes of at least 4 members (excludes halogenated alkanes) is 47. The molecule has 100 heavy (non-hydrogen) atoms. The smallest absolute Gasteiger partial charge is 0.462 e. The van der Waals surface area contributed by atoms with E-state index >= 15 is 0 Å². The Labute approximate surface area is 613 Å². The minimum absolute atomic E-state index is 0.107. The second kappa shape index (κ2) is 71.3. The third-order valence-corrected chi connectivity index (χ3v) is 20.8. The van der Waals surface area contributed by atoms with Gasteiger partial charge in [-0.3, -0.25) is 37.3 Å². The molecule has 0 spiro atoms. The topological polar surface area (TPSA) is 237 Å². The fourth-order valence-electron chi connectivity index (χ4n) is 12.5. The van der Waals surface area contributed by atoms with E-state index in [1.54, 1.807) is 0 Å². The molecule has 2 unspecified atom stereocenters. The maximum absolute atomic E-state index is 13.1. The number of hydrogen-bond acceptors (Lipinski definition) is 15. The molecule has 0 aromatic carbocycles. The highest BCUT2D eigenvalue weighted by Crippen LogP contribution is 2.45. The van der Waals surface area contributed by atoms with E-state index in [4.69, 9.17) is 37.0 Å². The van der Waals surface area contributed by atoms with Crippen LogP contribution in [0.25, 0.3) is 0 Å². The fraction of sp³-hybridized carbons (Fsp3) is 0.951. The molecule has 0 saturated heterocycles. The van der Waals surface area contributed by atoms with Gasteiger partial charge in [-0.05, 0) is 43.4 Å². The molecule has 0 bridgehead atoms. The van der Waals surface area contributed by atoms with Crippen LogP contribution in [0.3, 0.4) is 0 Å². The molecule has 0 aliphatic rings. The highest BCUT2D eigenvalue weighted by molar-refractivity contribution is 7.47. The van der Waals surface area contributed by atoms with Crippen molar-refractivity contribution in [2.75, 3.05) is 39.6 Å². The lowest BCUT2D eigenvalue weighted by molar-refractivity contribution is -0.161. The van der Waals surface area contributed by atoms with Crippen molar-refractivity contribution in [3.63, 3.8) is 0 Å². The van der Waals surface area contributed by atoms with Gasteiger partial charge < -0.3 is 33.8 Å². The van der Waals surface area contributed by atoms with E-state index in [9.17, 15) is 43.2 Å². The van der Waals surface area contributed by atoms with Gasteiger partial charge in [-0.15, -0.1) is 0 Å². The maximum Gasteiger partial charge on any atom is 0.472 e. The molecule has 0 rings (SSSR count). The van der Waals surface area contributed by atoms with Crippen molar-refractivity contribution in [3.05, 3.63) is 0 Å². The lowest BCUT2D eigenvalue weighted by Crippen LogP contribution is -2.30.